The van der Waals surface area contributed by atoms with Crippen molar-refractivity contribution in [2.75, 3.05) is 5.75 Å². The maximum Gasteiger partial charge on any atom is 0.0964 e. The summed E-state index contributed by atoms with van der Waals surface area (Å²) >= 11 is 1.85. The van der Waals surface area contributed by atoms with Gasteiger partial charge in [-0.15, -0.1) is 16.9 Å². The summed E-state index contributed by atoms with van der Waals surface area (Å²) in [6.07, 6.45) is 4.66. The molecule has 0 radical (unpaired) electrons. The Kier molecular flexibility index (Phi) is 4.15. The highest BCUT2D eigenvalue weighted by molar-refractivity contribution is 7.99. The molecular weight excluding hydrogens is 256 g/mol. The smallest absolute Gasteiger partial charge is 0.0964 e. The Morgan fingerprint density at radius 2 is 2.11 bits per heavy atom. The number of nitrogens with zero attached hydrogens (tertiary/aromatic N) is 3. The van der Waals surface area contributed by atoms with Crippen molar-refractivity contribution in [2.45, 2.75) is 36.9 Å². The van der Waals surface area contributed by atoms with Crippen LogP contribution in [0.3, 0.4) is 0 Å². The van der Waals surface area contributed by atoms with Gasteiger partial charge in [-0.3, -0.25) is 4.68 Å². The monoisotopic (exact) mass is 274 g/mol. The van der Waals surface area contributed by atoms with Crippen molar-refractivity contribution >= 4 is 11.8 Å². The minimum absolute atomic E-state index is 0.721. The van der Waals surface area contributed by atoms with Gasteiger partial charge in [-0.1, -0.05) is 23.4 Å². The molecule has 100 valence electrons. The highest BCUT2D eigenvalue weighted by atomic mass is 32.2. The summed E-state index contributed by atoms with van der Waals surface area (Å²) in [5, 5.41) is 11.8. The van der Waals surface area contributed by atoms with E-state index in [4.69, 9.17) is 0 Å². The molecule has 2 aromatic rings. The van der Waals surface area contributed by atoms with E-state index in [1.54, 1.807) is 0 Å². The lowest BCUT2D eigenvalue weighted by Crippen LogP contribution is -2.15. The van der Waals surface area contributed by atoms with Crippen molar-refractivity contribution < 1.29 is 0 Å². The molecule has 0 unspecified atom stereocenters. The predicted octanol–water partition coefficient (Wildman–Crippen LogP) is 2.32. The van der Waals surface area contributed by atoms with E-state index in [9.17, 15) is 0 Å². The molecule has 1 aliphatic carbocycles. The minimum atomic E-state index is 0.721. The molecule has 1 aromatic heterocycles. The molecule has 4 nitrogen and oxygen atoms in total. The van der Waals surface area contributed by atoms with Gasteiger partial charge < -0.3 is 5.32 Å². The van der Waals surface area contributed by atoms with Crippen LogP contribution in [0.1, 0.15) is 18.5 Å². The molecule has 1 saturated carbocycles. The lowest BCUT2D eigenvalue weighted by atomic mass is 10.4. The molecule has 1 aromatic carbocycles. The molecule has 1 fully saturated rings. The summed E-state index contributed by atoms with van der Waals surface area (Å²) < 4.78 is 1.93. The predicted molar refractivity (Wildman–Crippen MR) is 77.0 cm³/mol. The third-order valence-corrected chi connectivity index (χ3v) is 4.06. The molecule has 0 bridgehead atoms. The van der Waals surface area contributed by atoms with E-state index in [2.05, 4.69) is 39.9 Å². The molecule has 19 heavy (non-hydrogen) atoms. The minimum Gasteiger partial charge on any atom is -0.308 e. The van der Waals surface area contributed by atoms with Gasteiger partial charge in [-0.05, 0) is 25.0 Å². The van der Waals surface area contributed by atoms with E-state index in [0.29, 0.717) is 0 Å². The second-order valence-electron chi connectivity index (χ2n) is 4.79. The van der Waals surface area contributed by atoms with E-state index in [1.165, 1.54) is 17.7 Å². The molecule has 1 aliphatic rings. The van der Waals surface area contributed by atoms with E-state index in [0.717, 1.165) is 30.6 Å². The summed E-state index contributed by atoms with van der Waals surface area (Å²) in [4.78, 5) is 1.30. The summed E-state index contributed by atoms with van der Waals surface area (Å²) in [5.74, 6) is 1.02. The number of thioether (sulfide) groups is 1. The van der Waals surface area contributed by atoms with Crippen LogP contribution in [0.2, 0.25) is 0 Å². The average Bonchev–Trinajstić information content (AvgIpc) is 3.17. The first-order valence-corrected chi connectivity index (χ1v) is 7.69. The van der Waals surface area contributed by atoms with Crippen LogP contribution < -0.4 is 5.32 Å². The van der Waals surface area contributed by atoms with Crippen LogP contribution in [0, 0.1) is 0 Å². The zero-order valence-corrected chi connectivity index (χ0v) is 11.6. The number of aromatic nitrogens is 3. The van der Waals surface area contributed by atoms with Gasteiger partial charge >= 0.3 is 0 Å². The lowest BCUT2D eigenvalue weighted by molar-refractivity contribution is 0.630. The Morgan fingerprint density at radius 1 is 1.26 bits per heavy atom. The molecule has 3 rings (SSSR count). The number of benzene rings is 1. The highest BCUT2D eigenvalue weighted by Gasteiger charge is 2.20. The summed E-state index contributed by atoms with van der Waals surface area (Å²) in [6, 6.07) is 11.2. The number of hydrogen-bond acceptors (Lipinski definition) is 4. The van der Waals surface area contributed by atoms with E-state index in [1.807, 2.05) is 28.7 Å². The van der Waals surface area contributed by atoms with Crippen LogP contribution in [-0.2, 0) is 13.1 Å². The van der Waals surface area contributed by atoms with Gasteiger partial charge in [0.05, 0.1) is 12.2 Å². The maximum atomic E-state index is 4.18. The van der Waals surface area contributed by atoms with Gasteiger partial charge in [-0.2, -0.15) is 0 Å². The molecule has 1 N–H and O–H groups in total. The number of nitrogens with one attached hydrogen (secondary N) is 1. The first kappa shape index (κ1) is 12.7. The Hall–Kier alpha value is -1.33. The zero-order valence-electron chi connectivity index (χ0n) is 10.8. The van der Waals surface area contributed by atoms with Gasteiger partial charge in [0.25, 0.3) is 0 Å². The number of hydrogen-bond donors (Lipinski definition) is 1. The SMILES string of the molecule is c1ccc(SCCn2cc(CNC3CC3)nn2)cc1. The average molecular weight is 274 g/mol. The second-order valence-corrected chi connectivity index (χ2v) is 5.96. The van der Waals surface area contributed by atoms with Crippen LogP contribution in [0.5, 0.6) is 0 Å². The van der Waals surface area contributed by atoms with Crippen molar-refractivity contribution in [3.63, 3.8) is 0 Å². The Balaban J connectivity index is 1.42. The first-order chi connectivity index (χ1) is 9.40. The van der Waals surface area contributed by atoms with Gasteiger partial charge in [0.15, 0.2) is 0 Å². The fourth-order valence-corrected chi connectivity index (χ4v) is 2.70. The zero-order chi connectivity index (χ0) is 12.9. The van der Waals surface area contributed by atoms with E-state index < -0.39 is 0 Å². The lowest BCUT2D eigenvalue weighted by Gasteiger charge is -2.01. The first-order valence-electron chi connectivity index (χ1n) is 6.70. The van der Waals surface area contributed by atoms with Crippen LogP contribution in [0.25, 0.3) is 0 Å². The largest absolute Gasteiger partial charge is 0.308 e. The Morgan fingerprint density at radius 3 is 2.89 bits per heavy atom. The molecule has 0 spiro atoms. The van der Waals surface area contributed by atoms with E-state index in [-0.39, 0.29) is 0 Å². The summed E-state index contributed by atoms with van der Waals surface area (Å²) in [5.41, 5.74) is 1.04. The van der Waals surface area contributed by atoms with Gasteiger partial charge in [-0.25, -0.2) is 0 Å². The fourth-order valence-electron chi connectivity index (χ4n) is 1.84. The summed E-state index contributed by atoms with van der Waals surface area (Å²) in [7, 11) is 0. The van der Waals surface area contributed by atoms with Crippen LogP contribution in [0.4, 0.5) is 0 Å². The standard InChI is InChI=1S/C14H18N4S/c1-2-4-14(5-3-1)19-9-8-18-11-13(16-17-18)10-15-12-6-7-12/h1-5,11-12,15H,6-10H2. The molecule has 0 aliphatic heterocycles. The van der Waals surface area contributed by atoms with Crippen LogP contribution in [0.15, 0.2) is 41.4 Å². The number of rotatable bonds is 7. The molecule has 0 amide bonds. The molecular formula is C14H18N4S. The maximum absolute atomic E-state index is 4.18. The van der Waals surface area contributed by atoms with Crippen molar-refractivity contribution in [3.8, 4) is 0 Å². The van der Waals surface area contributed by atoms with Crippen molar-refractivity contribution in [1.82, 2.24) is 20.3 Å². The number of aryl methyl sites for hydroxylation is 1. The molecule has 5 heteroatoms. The topological polar surface area (TPSA) is 42.7 Å². The van der Waals surface area contributed by atoms with Gasteiger partial charge in [0, 0.05) is 29.4 Å². The molecule has 0 saturated heterocycles. The summed E-state index contributed by atoms with van der Waals surface area (Å²) in [6.45, 7) is 1.74. The third kappa shape index (κ3) is 4.08. The second kappa shape index (κ2) is 6.21. The van der Waals surface area contributed by atoms with Gasteiger partial charge in [0.1, 0.15) is 0 Å². The van der Waals surface area contributed by atoms with Crippen LogP contribution >= 0.6 is 11.8 Å². The van der Waals surface area contributed by atoms with Gasteiger partial charge in [0.2, 0.25) is 0 Å². The highest BCUT2D eigenvalue weighted by Crippen LogP contribution is 2.19. The molecule has 1 heterocycles. The normalized spacial score (nSPS) is 14.7. The fraction of sp³-hybridized carbons (Fsp3) is 0.429. The molecule has 0 atom stereocenters. The van der Waals surface area contributed by atoms with Crippen molar-refractivity contribution in [3.05, 3.63) is 42.2 Å². The Bertz CT molecular complexity index is 507. The van der Waals surface area contributed by atoms with Crippen molar-refractivity contribution in [2.24, 2.45) is 0 Å². The third-order valence-electron chi connectivity index (χ3n) is 3.07. The Labute approximate surface area is 117 Å². The van der Waals surface area contributed by atoms with Crippen LogP contribution in [-0.4, -0.2) is 26.8 Å². The van der Waals surface area contributed by atoms with E-state index >= 15 is 0 Å². The quantitative estimate of drug-likeness (QED) is 0.787. The van der Waals surface area contributed by atoms with Crippen molar-refractivity contribution in [1.29, 1.82) is 0 Å².